The molecule has 2 rings (SSSR count). The minimum atomic E-state index is -0.0540. The number of carbonyl (C=O) groups is 1. The second-order valence-electron chi connectivity index (χ2n) is 5.85. The third-order valence-corrected chi connectivity index (χ3v) is 4.36. The summed E-state index contributed by atoms with van der Waals surface area (Å²) in [6.45, 7) is 9.45. The number of esters is 1. The second-order valence-corrected chi connectivity index (χ2v) is 5.85. The maximum Gasteiger partial charge on any atom is 0.307 e. The maximum absolute atomic E-state index is 11.3. The number of likely N-dealkylation sites (tertiary alicyclic amines) is 2. The van der Waals surface area contributed by atoms with Crippen molar-refractivity contribution in [2.24, 2.45) is 5.92 Å². The smallest absolute Gasteiger partial charge is 0.307 e. The molecule has 0 spiro atoms. The van der Waals surface area contributed by atoms with Gasteiger partial charge in [-0.15, -0.1) is 0 Å². The number of hydrogen-bond acceptors (Lipinski definition) is 4. The van der Waals surface area contributed by atoms with Gasteiger partial charge in [0, 0.05) is 13.1 Å². The quantitative estimate of drug-likeness (QED) is 0.687. The third kappa shape index (κ3) is 5.11. The largest absolute Gasteiger partial charge is 0.466 e. The van der Waals surface area contributed by atoms with E-state index in [2.05, 4.69) is 9.80 Å². The summed E-state index contributed by atoms with van der Waals surface area (Å²) in [4.78, 5) is 16.4. The van der Waals surface area contributed by atoms with Gasteiger partial charge < -0.3 is 14.5 Å². The van der Waals surface area contributed by atoms with E-state index in [0.717, 1.165) is 25.6 Å². The fourth-order valence-corrected chi connectivity index (χ4v) is 3.21. The fraction of sp³-hybridized carbons (Fsp3) is 0.933. The van der Waals surface area contributed by atoms with Crippen molar-refractivity contribution in [2.45, 2.75) is 39.0 Å². The van der Waals surface area contributed by atoms with Crippen molar-refractivity contribution in [3.63, 3.8) is 0 Å². The van der Waals surface area contributed by atoms with E-state index in [1.807, 2.05) is 6.92 Å². The number of ether oxygens (including phenoxy) is 1. The Labute approximate surface area is 117 Å². The molecule has 4 nitrogen and oxygen atoms in total. The van der Waals surface area contributed by atoms with E-state index in [-0.39, 0.29) is 5.97 Å². The first-order valence-electron chi connectivity index (χ1n) is 7.88. The molecule has 110 valence electrons. The van der Waals surface area contributed by atoms with Crippen molar-refractivity contribution >= 4 is 5.97 Å². The van der Waals surface area contributed by atoms with Gasteiger partial charge in [0.25, 0.3) is 0 Å². The average molecular weight is 268 g/mol. The molecule has 0 aromatic carbocycles. The van der Waals surface area contributed by atoms with Gasteiger partial charge >= 0.3 is 5.97 Å². The molecule has 0 saturated carbocycles. The molecule has 2 aliphatic rings. The zero-order chi connectivity index (χ0) is 13.5. The molecule has 2 fully saturated rings. The van der Waals surface area contributed by atoms with Gasteiger partial charge in [-0.25, -0.2) is 0 Å². The number of carbonyl (C=O) groups excluding carboxylic acids is 1. The van der Waals surface area contributed by atoms with Crippen molar-refractivity contribution < 1.29 is 9.53 Å². The molecule has 4 heteroatoms. The van der Waals surface area contributed by atoms with Crippen LogP contribution in [0.25, 0.3) is 0 Å². The lowest BCUT2D eigenvalue weighted by atomic mass is 9.96. The SMILES string of the molecule is CCOC(=O)CCN1CCC(CN2CCCC2)CC1. The lowest BCUT2D eigenvalue weighted by molar-refractivity contribution is -0.143. The van der Waals surface area contributed by atoms with Crippen molar-refractivity contribution in [1.82, 2.24) is 9.80 Å². The standard InChI is InChI=1S/C15H28N2O2/c1-2-19-15(18)7-12-16-10-5-14(6-11-16)13-17-8-3-4-9-17/h14H,2-13H2,1H3. The van der Waals surface area contributed by atoms with Crippen LogP contribution in [-0.2, 0) is 9.53 Å². The molecule has 0 aromatic heterocycles. The summed E-state index contributed by atoms with van der Waals surface area (Å²) in [6, 6.07) is 0. The number of hydrogen-bond donors (Lipinski definition) is 0. The molecule has 0 aliphatic carbocycles. The zero-order valence-electron chi connectivity index (χ0n) is 12.3. The molecule has 0 bridgehead atoms. The normalized spacial score (nSPS) is 22.8. The molecule has 2 heterocycles. The van der Waals surface area contributed by atoms with Gasteiger partial charge in [0.15, 0.2) is 0 Å². The van der Waals surface area contributed by atoms with Crippen LogP contribution in [0.15, 0.2) is 0 Å². The van der Waals surface area contributed by atoms with Gasteiger partial charge in [0.1, 0.15) is 0 Å². The Morgan fingerprint density at radius 2 is 1.79 bits per heavy atom. The summed E-state index contributed by atoms with van der Waals surface area (Å²) < 4.78 is 4.97. The molecular weight excluding hydrogens is 240 g/mol. The van der Waals surface area contributed by atoms with E-state index in [1.54, 1.807) is 0 Å². The van der Waals surface area contributed by atoms with E-state index in [4.69, 9.17) is 4.74 Å². The van der Waals surface area contributed by atoms with Crippen molar-refractivity contribution in [3.8, 4) is 0 Å². The van der Waals surface area contributed by atoms with Gasteiger partial charge in [0.2, 0.25) is 0 Å². The van der Waals surface area contributed by atoms with Crippen LogP contribution in [0.3, 0.4) is 0 Å². The summed E-state index contributed by atoms with van der Waals surface area (Å²) in [5.74, 6) is 0.818. The summed E-state index contributed by atoms with van der Waals surface area (Å²) in [5, 5.41) is 0. The molecule has 0 radical (unpaired) electrons. The first-order chi connectivity index (χ1) is 9.28. The number of piperidine rings is 1. The van der Waals surface area contributed by atoms with Crippen molar-refractivity contribution in [3.05, 3.63) is 0 Å². The van der Waals surface area contributed by atoms with Crippen LogP contribution in [0.5, 0.6) is 0 Å². The Kier molecular flexibility index (Phi) is 6.11. The van der Waals surface area contributed by atoms with Crippen molar-refractivity contribution in [1.29, 1.82) is 0 Å². The van der Waals surface area contributed by atoms with E-state index in [0.29, 0.717) is 13.0 Å². The summed E-state index contributed by atoms with van der Waals surface area (Å²) in [7, 11) is 0. The lowest BCUT2D eigenvalue weighted by Gasteiger charge is -2.33. The lowest BCUT2D eigenvalue weighted by Crippen LogP contribution is -2.39. The molecule has 0 N–H and O–H groups in total. The Bertz CT molecular complexity index is 269. The van der Waals surface area contributed by atoms with Crippen LogP contribution in [0.4, 0.5) is 0 Å². The van der Waals surface area contributed by atoms with E-state index < -0.39 is 0 Å². The van der Waals surface area contributed by atoms with Crippen LogP contribution in [-0.4, -0.2) is 61.6 Å². The maximum atomic E-state index is 11.3. The van der Waals surface area contributed by atoms with E-state index in [9.17, 15) is 4.79 Å². The summed E-state index contributed by atoms with van der Waals surface area (Å²) in [6.07, 6.45) is 5.90. The predicted molar refractivity (Wildman–Crippen MR) is 76.1 cm³/mol. The van der Waals surface area contributed by atoms with E-state index >= 15 is 0 Å². The highest BCUT2D eigenvalue weighted by Gasteiger charge is 2.22. The van der Waals surface area contributed by atoms with Crippen LogP contribution >= 0.6 is 0 Å². The van der Waals surface area contributed by atoms with Crippen LogP contribution in [0.1, 0.15) is 39.0 Å². The van der Waals surface area contributed by atoms with Gasteiger partial charge in [-0.2, -0.15) is 0 Å². The predicted octanol–water partition coefficient (Wildman–Crippen LogP) is 1.75. The Morgan fingerprint density at radius 1 is 1.11 bits per heavy atom. The molecule has 2 aliphatic heterocycles. The minimum Gasteiger partial charge on any atom is -0.466 e. The molecule has 0 aromatic rings. The van der Waals surface area contributed by atoms with Gasteiger partial charge in [0.05, 0.1) is 13.0 Å². The second kappa shape index (κ2) is 7.85. The van der Waals surface area contributed by atoms with Gasteiger partial charge in [-0.05, 0) is 64.7 Å². The molecule has 2 saturated heterocycles. The Morgan fingerprint density at radius 3 is 2.42 bits per heavy atom. The van der Waals surface area contributed by atoms with Gasteiger partial charge in [-0.3, -0.25) is 4.79 Å². The average Bonchev–Trinajstić information content (AvgIpc) is 2.91. The minimum absolute atomic E-state index is 0.0540. The van der Waals surface area contributed by atoms with Gasteiger partial charge in [-0.1, -0.05) is 0 Å². The molecule has 0 atom stereocenters. The highest BCUT2D eigenvalue weighted by molar-refractivity contribution is 5.69. The van der Waals surface area contributed by atoms with Crippen LogP contribution in [0, 0.1) is 5.92 Å². The Hall–Kier alpha value is -0.610. The monoisotopic (exact) mass is 268 g/mol. The topological polar surface area (TPSA) is 32.8 Å². The summed E-state index contributed by atoms with van der Waals surface area (Å²) in [5.41, 5.74) is 0. The molecule has 0 amide bonds. The highest BCUT2D eigenvalue weighted by atomic mass is 16.5. The zero-order valence-corrected chi connectivity index (χ0v) is 12.3. The fourth-order valence-electron chi connectivity index (χ4n) is 3.21. The molecule has 0 unspecified atom stereocenters. The first kappa shape index (κ1) is 14.8. The van der Waals surface area contributed by atoms with Crippen molar-refractivity contribution in [2.75, 3.05) is 45.9 Å². The Balaban J connectivity index is 1.58. The van der Waals surface area contributed by atoms with Crippen LogP contribution < -0.4 is 0 Å². The van der Waals surface area contributed by atoms with E-state index in [1.165, 1.54) is 45.3 Å². The first-order valence-corrected chi connectivity index (χ1v) is 7.88. The summed E-state index contributed by atoms with van der Waals surface area (Å²) >= 11 is 0. The third-order valence-electron chi connectivity index (χ3n) is 4.36. The number of rotatable bonds is 6. The molecular formula is C15H28N2O2. The van der Waals surface area contributed by atoms with Crippen LogP contribution in [0.2, 0.25) is 0 Å². The highest BCUT2D eigenvalue weighted by Crippen LogP contribution is 2.20. The molecule has 19 heavy (non-hydrogen) atoms. The number of nitrogens with zero attached hydrogens (tertiary/aromatic N) is 2.